The molecule has 9 heteroatoms. The number of halogens is 1. The fourth-order valence-electron chi connectivity index (χ4n) is 3.65. The van der Waals surface area contributed by atoms with Gasteiger partial charge >= 0.3 is 5.69 Å². The Bertz CT molecular complexity index is 1470. The summed E-state index contributed by atoms with van der Waals surface area (Å²) in [6, 6.07) is 16.2. The summed E-state index contributed by atoms with van der Waals surface area (Å²) in [6.45, 7) is 2.07. The highest BCUT2D eigenvalue weighted by Crippen LogP contribution is 2.37. The molecule has 0 saturated heterocycles. The molecule has 4 aromatic rings. The summed E-state index contributed by atoms with van der Waals surface area (Å²) in [5.41, 5.74) is 2.47. The van der Waals surface area contributed by atoms with Gasteiger partial charge in [0.05, 0.1) is 21.6 Å². The first kappa shape index (κ1) is 23.1. The molecule has 0 atom stereocenters. The molecule has 0 saturated carbocycles. The molecule has 3 aromatic carbocycles. The van der Waals surface area contributed by atoms with Gasteiger partial charge in [-0.3, -0.25) is 13.9 Å². The lowest BCUT2D eigenvalue weighted by molar-refractivity contribution is 0.601. The maximum Gasteiger partial charge on any atom is 0.328 e. The van der Waals surface area contributed by atoms with Crippen molar-refractivity contribution in [2.75, 3.05) is 4.72 Å². The second-order valence-corrected chi connectivity index (χ2v) is 10.6. The van der Waals surface area contributed by atoms with Gasteiger partial charge in [0.1, 0.15) is 5.82 Å². The molecule has 0 radical (unpaired) electrons. The van der Waals surface area contributed by atoms with Gasteiger partial charge in [-0.2, -0.15) is 0 Å². The van der Waals surface area contributed by atoms with Gasteiger partial charge in [0.2, 0.25) is 0 Å². The number of rotatable bonds is 7. The Balaban J connectivity index is 1.79. The van der Waals surface area contributed by atoms with Crippen LogP contribution in [-0.4, -0.2) is 17.6 Å². The normalized spacial score (nSPS) is 11.8. The number of benzene rings is 3. The van der Waals surface area contributed by atoms with Crippen molar-refractivity contribution in [3.05, 3.63) is 82.5 Å². The second kappa shape index (κ2) is 9.07. The van der Waals surface area contributed by atoms with E-state index in [1.165, 1.54) is 33.0 Å². The highest BCUT2D eigenvalue weighted by atomic mass is 32.2. The number of hydrogen-bond donors (Lipinski definition) is 1. The van der Waals surface area contributed by atoms with Crippen LogP contribution in [-0.2, 0) is 30.5 Å². The first-order valence-corrected chi connectivity index (χ1v) is 12.7. The molecule has 0 spiro atoms. The smallest absolute Gasteiger partial charge is 0.295 e. The molecule has 1 N–H and O–H groups in total. The van der Waals surface area contributed by atoms with E-state index >= 15 is 0 Å². The minimum atomic E-state index is -3.87. The zero-order valence-electron chi connectivity index (χ0n) is 18.5. The SMILES string of the molecule is CCCc1ccc(S(=O)(=O)Nc2cc3c(cc2Sc2ccc(F)cc2)n(C)c(=O)n3C)cc1. The fraction of sp³-hybridized carbons (Fsp3) is 0.208. The number of hydrogen-bond acceptors (Lipinski definition) is 4. The van der Waals surface area contributed by atoms with Crippen LogP contribution in [0.3, 0.4) is 0 Å². The second-order valence-electron chi connectivity index (χ2n) is 7.79. The third-order valence-corrected chi connectivity index (χ3v) is 7.88. The van der Waals surface area contributed by atoms with E-state index in [9.17, 15) is 17.6 Å². The molecule has 33 heavy (non-hydrogen) atoms. The first-order valence-electron chi connectivity index (χ1n) is 10.4. The summed E-state index contributed by atoms with van der Waals surface area (Å²) >= 11 is 1.29. The van der Waals surface area contributed by atoms with Gasteiger partial charge in [0, 0.05) is 23.9 Å². The van der Waals surface area contributed by atoms with Crippen LogP contribution in [0.4, 0.5) is 10.1 Å². The summed E-state index contributed by atoms with van der Waals surface area (Å²) in [4.78, 5) is 13.9. The zero-order valence-corrected chi connectivity index (χ0v) is 20.1. The van der Waals surface area contributed by atoms with Crippen molar-refractivity contribution in [3.8, 4) is 0 Å². The molecule has 172 valence electrons. The number of aromatic nitrogens is 2. The topological polar surface area (TPSA) is 73.1 Å². The Hall–Kier alpha value is -3.04. The maximum atomic E-state index is 13.4. The standard InChI is InChI=1S/C24H24FN3O3S2/c1-4-5-16-6-12-19(13-7-16)33(30,31)26-20-14-21-22(28(3)24(29)27(21)2)15-23(20)32-18-10-8-17(25)9-11-18/h6-15,26H,4-5H2,1-3H3. The number of fused-ring (bicyclic) bond motifs is 1. The van der Waals surface area contributed by atoms with Crippen LogP contribution in [0.1, 0.15) is 18.9 Å². The lowest BCUT2D eigenvalue weighted by atomic mass is 10.1. The number of nitrogens with zero attached hydrogens (tertiary/aromatic N) is 2. The molecule has 6 nitrogen and oxygen atoms in total. The molecular formula is C24H24FN3O3S2. The van der Waals surface area contributed by atoms with Crippen molar-refractivity contribution in [3.63, 3.8) is 0 Å². The fourth-order valence-corrected chi connectivity index (χ4v) is 5.70. The summed E-state index contributed by atoms with van der Waals surface area (Å²) in [5, 5.41) is 0. The van der Waals surface area contributed by atoms with E-state index in [-0.39, 0.29) is 16.4 Å². The molecule has 0 aliphatic carbocycles. The van der Waals surface area contributed by atoms with Crippen LogP contribution in [0.2, 0.25) is 0 Å². The zero-order chi connectivity index (χ0) is 23.8. The summed E-state index contributed by atoms with van der Waals surface area (Å²) < 4.78 is 45.4. The minimum Gasteiger partial charge on any atom is -0.295 e. The quantitative estimate of drug-likeness (QED) is 0.403. The average Bonchev–Trinajstić information content (AvgIpc) is 2.99. The van der Waals surface area contributed by atoms with Crippen molar-refractivity contribution in [1.82, 2.24) is 9.13 Å². The molecule has 1 aromatic heterocycles. The summed E-state index contributed by atoms with van der Waals surface area (Å²) in [7, 11) is -0.562. The summed E-state index contributed by atoms with van der Waals surface area (Å²) in [5.74, 6) is -0.354. The molecular weight excluding hydrogens is 461 g/mol. The maximum absolute atomic E-state index is 13.4. The monoisotopic (exact) mass is 485 g/mol. The number of sulfonamides is 1. The molecule has 1 heterocycles. The van der Waals surface area contributed by atoms with E-state index in [0.717, 1.165) is 23.3 Å². The molecule has 0 unspecified atom stereocenters. The number of aryl methyl sites for hydroxylation is 3. The van der Waals surface area contributed by atoms with Gasteiger partial charge in [-0.05, 0) is 60.5 Å². The van der Waals surface area contributed by atoms with E-state index in [1.54, 1.807) is 50.5 Å². The van der Waals surface area contributed by atoms with Crippen molar-refractivity contribution >= 4 is 38.5 Å². The van der Waals surface area contributed by atoms with Gasteiger partial charge in [-0.15, -0.1) is 0 Å². The van der Waals surface area contributed by atoms with Crippen LogP contribution < -0.4 is 10.4 Å². The molecule has 0 bridgehead atoms. The Kier molecular flexibility index (Phi) is 6.36. The van der Waals surface area contributed by atoms with Crippen LogP contribution in [0.5, 0.6) is 0 Å². The van der Waals surface area contributed by atoms with Crippen molar-refractivity contribution in [2.24, 2.45) is 14.1 Å². The van der Waals surface area contributed by atoms with Gasteiger partial charge in [0.15, 0.2) is 0 Å². The van der Waals surface area contributed by atoms with Crippen molar-refractivity contribution < 1.29 is 12.8 Å². The van der Waals surface area contributed by atoms with E-state index < -0.39 is 10.0 Å². The highest BCUT2D eigenvalue weighted by Gasteiger charge is 2.20. The Morgan fingerprint density at radius 3 is 2.15 bits per heavy atom. The summed E-state index contributed by atoms with van der Waals surface area (Å²) in [6.07, 6.45) is 1.86. The Morgan fingerprint density at radius 2 is 1.55 bits per heavy atom. The van der Waals surface area contributed by atoms with Crippen LogP contribution in [0.25, 0.3) is 11.0 Å². The van der Waals surface area contributed by atoms with Gasteiger partial charge < -0.3 is 0 Å². The average molecular weight is 486 g/mol. The predicted molar refractivity (Wildman–Crippen MR) is 130 cm³/mol. The van der Waals surface area contributed by atoms with E-state index in [1.807, 2.05) is 12.1 Å². The highest BCUT2D eigenvalue weighted by molar-refractivity contribution is 7.99. The number of anilines is 1. The first-order chi connectivity index (χ1) is 15.7. The largest absolute Gasteiger partial charge is 0.328 e. The van der Waals surface area contributed by atoms with Crippen LogP contribution >= 0.6 is 11.8 Å². The minimum absolute atomic E-state index is 0.155. The van der Waals surface area contributed by atoms with Gasteiger partial charge in [-0.25, -0.2) is 17.6 Å². The molecule has 0 amide bonds. The van der Waals surface area contributed by atoms with E-state index in [4.69, 9.17) is 0 Å². The number of imidazole rings is 1. The van der Waals surface area contributed by atoms with Crippen LogP contribution in [0, 0.1) is 5.82 Å². The Morgan fingerprint density at radius 1 is 0.939 bits per heavy atom. The third-order valence-electron chi connectivity index (χ3n) is 5.43. The number of nitrogens with one attached hydrogen (secondary N) is 1. The molecule has 4 rings (SSSR count). The molecule has 0 aliphatic rings. The predicted octanol–water partition coefficient (Wildman–Crippen LogP) is 4.92. The Labute approximate surface area is 196 Å². The van der Waals surface area contributed by atoms with Crippen molar-refractivity contribution in [2.45, 2.75) is 34.5 Å². The molecule has 0 aliphatic heterocycles. The van der Waals surface area contributed by atoms with E-state index in [2.05, 4.69) is 11.6 Å². The lowest BCUT2D eigenvalue weighted by Gasteiger charge is -2.14. The van der Waals surface area contributed by atoms with Crippen molar-refractivity contribution in [1.29, 1.82) is 0 Å². The van der Waals surface area contributed by atoms with Gasteiger partial charge in [0.25, 0.3) is 10.0 Å². The third kappa shape index (κ3) is 4.69. The van der Waals surface area contributed by atoms with Gasteiger partial charge in [-0.1, -0.05) is 37.2 Å². The van der Waals surface area contributed by atoms with Crippen LogP contribution in [0.15, 0.2) is 80.1 Å². The molecule has 0 fully saturated rings. The lowest BCUT2D eigenvalue weighted by Crippen LogP contribution is -2.19. The van der Waals surface area contributed by atoms with E-state index in [0.29, 0.717) is 21.6 Å².